The molecule has 0 spiro atoms. The van der Waals surface area contributed by atoms with Crippen LogP contribution in [0.5, 0.6) is 0 Å². The molecule has 27 heavy (non-hydrogen) atoms. The number of piperazine rings is 1. The molecule has 0 unspecified atom stereocenters. The zero-order valence-electron chi connectivity index (χ0n) is 15.1. The van der Waals surface area contributed by atoms with Gasteiger partial charge in [0, 0.05) is 39.8 Å². The molecule has 1 aromatic carbocycles. The molecule has 1 aliphatic heterocycles. The molecule has 0 bridgehead atoms. The number of hydrogen-bond acceptors (Lipinski definition) is 7. The van der Waals surface area contributed by atoms with Crippen molar-refractivity contribution in [1.82, 2.24) is 9.97 Å². The lowest BCUT2D eigenvalue weighted by atomic mass is 10.2. The number of nitrogens with zero attached hydrogens (tertiary/aromatic N) is 6. The van der Waals surface area contributed by atoms with Crippen molar-refractivity contribution in [3.8, 4) is 0 Å². The van der Waals surface area contributed by atoms with Crippen LogP contribution in [-0.2, 0) is 0 Å². The van der Waals surface area contributed by atoms with Gasteiger partial charge in [0.25, 0.3) is 0 Å². The first kappa shape index (κ1) is 18.6. The summed E-state index contributed by atoms with van der Waals surface area (Å²) in [5, 5.41) is 11.7. The van der Waals surface area contributed by atoms with Gasteiger partial charge in [0.2, 0.25) is 11.6 Å². The van der Waals surface area contributed by atoms with E-state index in [1.165, 1.54) is 12.4 Å². The van der Waals surface area contributed by atoms with Crippen molar-refractivity contribution in [2.24, 2.45) is 0 Å². The summed E-state index contributed by atoms with van der Waals surface area (Å²) in [5.41, 5.74) is 0.418. The summed E-state index contributed by atoms with van der Waals surface area (Å²) in [6.07, 6.45) is 2.99. The van der Waals surface area contributed by atoms with E-state index >= 15 is 0 Å². The molecule has 1 aliphatic rings. The first-order valence-corrected chi connectivity index (χ1v) is 8.58. The van der Waals surface area contributed by atoms with Gasteiger partial charge in [-0.1, -0.05) is 18.2 Å². The van der Waals surface area contributed by atoms with Gasteiger partial charge in [-0.3, -0.25) is 10.1 Å². The van der Waals surface area contributed by atoms with Crippen molar-refractivity contribution in [1.29, 1.82) is 0 Å². The molecule has 8 nitrogen and oxygen atoms in total. The van der Waals surface area contributed by atoms with E-state index in [0.717, 1.165) is 0 Å². The number of aromatic nitrogens is 2. The molecule has 142 valence electrons. The Morgan fingerprint density at radius 1 is 1.26 bits per heavy atom. The maximum Gasteiger partial charge on any atom is 0.353 e. The van der Waals surface area contributed by atoms with E-state index in [-0.39, 0.29) is 23.1 Å². The second-order valence-electron chi connectivity index (χ2n) is 6.22. The molecule has 2 aromatic rings. The van der Waals surface area contributed by atoms with Gasteiger partial charge in [-0.05, 0) is 12.1 Å². The van der Waals surface area contributed by atoms with E-state index < -0.39 is 4.92 Å². The third-order valence-corrected chi connectivity index (χ3v) is 4.50. The van der Waals surface area contributed by atoms with Crippen LogP contribution in [0.3, 0.4) is 0 Å². The lowest BCUT2D eigenvalue weighted by Crippen LogP contribution is -2.47. The summed E-state index contributed by atoms with van der Waals surface area (Å²) in [6.45, 7) is 6.16. The summed E-state index contributed by atoms with van der Waals surface area (Å²) < 4.78 is 14.0. The topological polar surface area (TPSA) is 78.6 Å². The van der Waals surface area contributed by atoms with Gasteiger partial charge in [-0.15, -0.1) is 6.58 Å². The summed E-state index contributed by atoms with van der Waals surface area (Å²) in [5.74, 6) is 0.267. The Balaban J connectivity index is 1.84. The Morgan fingerprint density at radius 2 is 1.93 bits per heavy atom. The summed E-state index contributed by atoms with van der Waals surface area (Å²) in [6, 6.07) is 6.61. The smallest absolute Gasteiger partial charge is 0.353 e. The quantitative estimate of drug-likeness (QED) is 0.438. The van der Waals surface area contributed by atoms with E-state index in [1.807, 2.05) is 9.80 Å². The van der Waals surface area contributed by atoms with Crippen molar-refractivity contribution in [3.05, 3.63) is 59.2 Å². The molecular formula is C18H21FN6O2. The van der Waals surface area contributed by atoms with Gasteiger partial charge in [0.1, 0.15) is 12.1 Å². The number of halogens is 1. The molecule has 0 aliphatic carbocycles. The molecule has 3 rings (SSSR count). The highest BCUT2D eigenvalue weighted by molar-refractivity contribution is 5.71. The number of likely N-dealkylation sites (N-methyl/N-ethyl adjacent to an activating group) is 1. The zero-order valence-corrected chi connectivity index (χ0v) is 15.1. The predicted octanol–water partition coefficient (Wildman–Crippen LogP) is 2.47. The van der Waals surface area contributed by atoms with Gasteiger partial charge in [0.05, 0.1) is 10.6 Å². The lowest BCUT2D eigenvalue weighted by molar-refractivity contribution is -0.383. The van der Waals surface area contributed by atoms with E-state index in [9.17, 15) is 14.5 Å². The Kier molecular flexibility index (Phi) is 5.49. The number of anilines is 3. The normalized spacial score (nSPS) is 14.1. The Labute approximate surface area is 156 Å². The minimum absolute atomic E-state index is 0.124. The van der Waals surface area contributed by atoms with Crippen molar-refractivity contribution in [2.75, 3.05) is 54.5 Å². The second-order valence-corrected chi connectivity index (χ2v) is 6.22. The number of para-hydroxylation sites is 1. The van der Waals surface area contributed by atoms with Gasteiger partial charge < -0.3 is 14.7 Å². The molecule has 9 heteroatoms. The minimum atomic E-state index is -0.451. The Hall–Kier alpha value is -3.23. The zero-order chi connectivity index (χ0) is 19.4. The van der Waals surface area contributed by atoms with E-state index in [2.05, 4.69) is 16.5 Å². The summed E-state index contributed by atoms with van der Waals surface area (Å²) >= 11 is 0. The molecule has 1 aromatic heterocycles. The van der Waals surface area contributed by atoms with Crippen LogP contribution in [0.15, 0.2) is 43.2 Å². The van der Waals surface area contributed by atoms with Crippen LogP contribution in [0.2, 0.25) is 0 Å². The molecule has 0 saturated carbocycles. The third kappa shape index (κ3) is 3.81. The highest BCUT2D eigenvalue weighted by atomic mass is 19.1. The maximum absolute atomic E-state index is 14.0. The predicted molar refractivity (Wildman–Crippen MR) is 103 cm³/mol. The number of benzene rings is 1. The van der Waals surface area contributed by atoms with Crippen LogP contribution < -0.4 is 14.7 Å². The van der Waals surface area contributed by atoms with Crippen molar-refractivity contribution >= 4 is 23.0 Å². The van der Waals surface area contributed by atoms with Crippen molar-refractivity contribution in [3.63, 3.8) is 0 Å². The van der Waals surface area contributed by atoms with Gasteiger partial charge >= 0.3 is 5.69 Å². The molecule has 0 atom stereocenters. The number of nitro groups is 1. The molecule has 2 heterocycles. The monoisotopic (exact) mass is 372 g/mol. The highest BCUT2D eigenvalue weighted by Gasteiger charge is 2.30. The molecule has 1 saturated heterocycles. The molecule has 1 fully saturated rings. The van der Waals surface area contributed by atoms with Gasteiger partial charge in [-0.2, -0.15) is 0 Å². The molecule has 0 amide bonds. The highest BCUT2D eigenvalue weighted by Crippen LogP contribution is 2.34. The average molecular weight is 372 g/mol. The number of hydrogen-bond donors (Lipinski definition) is 0. The van der Waals surface area contributed by atoms with Crippen LogP contribution in [0, 0.1) is 15.9 Å². The van der Waals surface area contributed by atoms with Crippen LogP contribution in [0.4, 0.5) is 27.4 Å². The lowest BCUT2D eigenvalue weighted by Gasteiger charge is -2.36. The largest absolute Gasteiger partial charge is 0.366 e. The standard InChI is InChI=1S/C18H21FN6O2/c1-3-8-22(2)17-16(25(26)27)18(21-13-20-17)24-11-9-23(10-12-24)15-7-5-4-6-14(15)19/h3-7,13H,1,8-12H2,2H3. The van der Waals surface area contributed by atoms with E-state index in [0.29, 0.717) is 38.4 Å². The summed E-state index contributed by atoms with van der Waals surface area (Å²) in [4.78, 5) is 25.0. The van der Waals surface area contributed by atoms with Crippen LogP contribution in [-0.4, -0.2) is 54.7 Å². The minimum Gasteiger partial charge on any atom is -0.366 e. The summed E-state index contributed by atoms with van der Waals surface area (Å²) in [7, 11) is 1.72. The van der Waals surface area contributed by atoms with Gasteiger partial charge in [0.15, 0.2) is 0 Å². The van der Waals surface area contributed by atoms with E-state index in [4.69, 9.17) is 0 Å². The maximum atomic E-state index is 14.0. The molecule has 0 N–H and O–H groups in total. The van der Waals surface area contributed by atoms with E-state index in [1.54, 1.807) is 36.2 Å². The first-order chi connectivity index (χ1) is 13.0. The SMILES string of the molecule is C=CCN(C)c1ncnc(N2CCN(c3ccccc3F)CC2)c1[N+](=O)[O-]. The fourth-order valence-corrected chi connectivity index (χ4v) is 3.18. The average Bonchev–Trinajstić information content (AvgIpc) is 2.68. The third-order valence-electron chi connectivity index (χ3n) is 4.50. The Morgan fingerprint density at radius 3 is 2.56 bits per heavy atom. The van der Waals surface area contributed by atoms with Crippen LogP contribution in [0.25, 0.3) is 0 Å². The van der Waals surface area contributed by atoms with Gasteiger partial charge in [-0.25, -0.2) is 14.4 Å². The fraction of sp³-hybridized carbons (Fsp3) is 0.333. The fourth-order valence-electron chi connectivity index (χ4n) is 3.18. The molecule has 0 radical (unpaired) electrons. The van der Waals surface area contributed by atoms with Crippen LogP contribution in [0.1, 0.15) is 0 Å². The van der Waals surface area contributed by atoms with Crippen molar-refractivity contribution in [2.45, 2.75) is 0 Å². The first-order valence-electron chi connectivity index (χ1n) is 8.58. The molecular weight excluding hydrogens is 351 g/mol. The second kappa shape index (κ2) is 7.98. The number of rotatable bonds is 6. The van der Waals surface area contributed by atoms with Crippen molar-refractivity contribution < 1.29 is 9.31 Å². The van der Waals surface area contributed by atoms with Crippen LogP contribution >= 0.6 is 0 Å². The Bertz CT molecular complexity index is 838.